The summed E-state index contributed by atoms with van der Waals surface area (Å²) in [6.07, 6.45) is -0.0312. The summed E-state index contributed by atoms with van der Waals surface area (Å²) >= 11 is 1.40. The lowest BCUT2D eigenvalue weighted by molar-refractivity contribution is -0.137. The minimum atomic E-state index is -4.45. The van der Waals surface area contributed by atoms with Gasteiger partial charge in [0.05, 0.1) is 23.5 Å². The molecule has 0 radical (unpaired) electrons. The Bertz CT molecular complexity index is 882. The first kappa shape index (κ1) is 22.0. The van der Waals surface area contributed by atoms with Gasteiger partial charge in [-0.25, -0.2) is 0 Å². The molecule has 0 bridgehead atoms. The van der Waals surface area contributed by atoms with Gasteiger partial charge in [0.15, 0.2) is 0 Å². The Kier molecular flexibility index (Phi) is 6.81. The van der Waals surface area contributed by atoms with Crippen molar-refractivity contribution < 1.29 is 30.4 Å². The van der Waals surface area contributed by atoms with Gasteiger partial charge in [-0.2, -0.15) is 13.2 Å². The molecule has 156 valence electrons. The van der Waals surface area contributed by atoms with Crippen LogP contribution in [0.2, 0.25) is 0 Å². The molecule has 8 heteroatoms. The lowest BCUT2D eigenvalue weighted by atomic mass is 10.1. The fraction of sp³-hybridized carbons (Fsp3) is 0.381. The van der Waals surface area contributed by atoms with E-state index in [1.807, 2.05) is 18.2 Å². The van der Waals surface area contributed by atoms with Crippen LogP contribution >= 0.6 is 11.8 Å². The summed E-state index contributed by atoms with van der Waals surface area (Å²) in [6, 6.07) is 11.0. The third kappa shape index (κ3) is 4.73. The van der Waals surface area contributed by atoms with Crippen molar-refractivity contribution in [1.29, 1.82) is 0 Å². The zero-order chi connectivity index (χ0) is 19.7. The summed E-state index contributed by atoms with van der Waals surface area (Å²) in [4.78, 5) is 18.4. The van der Waals surface area contributed by atoms with E-state index < -0.39 is 11.7 Å². The van der Waals surface area contributed by atoms with Crippen molar-refractivity contribution in [2.24, 2.45) is 0 Å². The molecular weight excluding hydrogens is 421 g/mol. The van der Waals surface area contributed by atoms with Crippen molar-refractivity contribution in [2.75, 3.05) is 24.5 Å². The molecule has 0 saturated carbocycles. The number of anilines is 2. The van der Waals surface area contributed by atoms with Crippen LogP contribution in [0.1, 0.15) is 31.2 Å². The number of para-hydroxylation sites is 1. The zero-order valence-corrected chi connectivity index (χ0v) is 17.3. The highest BCUT2D eigenvalue weighted by molar-refractivity contribution is 7.99. The van der Waals surface area contributed by atoms with E-state index in [1.54, 1.807) is 6.07 Å². The van der Waals surface area contributed by atoms with Crippen LogP contribution in [0.3, 0.4) is 0 Å². The number of carbonyl (C=O) groups is 1. The Morgan fingerprint density at radius 1 is 0.931 bits per heavy atom. The molecule has 2 aliphatic heterocycles. The van der Waals surface area contributed by atoms with Crippen LogP contribution in [0.25, 0.3) is 0 Å². The van der Waals surface area contributed by atoms with Gasteiger partial charge in [-0.05, 0) is 56.3 Å². The molecule has 0 aromatic heterocycles. The molecule has 3 nitrogen and oxygen atoms in total. The van der Waals surface area contributed by atoms with Gasteiger partial charge < -0.3 is 12.4 Å². The highest BCUT2D eigenvalue weighted by atomic mass is 35.5. The van der Waals surface area contributed by atoms with Crippen LogP contribution in [0, 0.1) is 0 Å². The highest BCUT2D eigenvalue weighted by Gasteiger charge is 2.35. The molecule has 29 heavy (non-hydrogen) atoms. The maximum Gasteiger partial charge on any atom is 0.416 e. The molecular formula is C21H21ClF3N2OS-. The number of halogens is 4. The maximum atomic E-state index is 13.3. The van der Waals surface area contributed by atoms with Crippen LogP contribution in [0.5, 0.6) is 0 Å². The number of fused-ring (bicyclic) bond motifs is 2. The average Bonchev–Trinajstić information content (AvgIpc) is 2.93. The third-order valence-electron chi connectivity index (χ3n) is 5.16. The molecule has 0 N–H and O–H groups in total. The van der Waals surface area contributed by atoms with E-state index in [1.165, 1.54) is 22.7 Å². The van der Waals surface area contributed by atoms with Crippen molar-refractivity contribution in [3.8, 4) is 0 Å². The van der Waals surface area contributed by atoms with Crippen LogP contribution < -0.4 is 17.3 Å². The zero-order valence-electron chi connectivity index (χ0n) is 15.7. The molecule has 4 rings (SSSR count). The molecule has 1 fully saturated rings. The maximum absolute atomic E-state index is 13.3. The molecule has 2 aromatic rings. The van der Waals surface area contributed by atoms with E-state index >= 15 is 0 Å². The van der Waals surface area contributed by atoms with E-state index in [-0.39, 0.29) is 24.9 Å². The second kappa shape index (κ2) is 8.98. The molecule has 0 atom stereocenters. The molecule has 1 saturated heterocycles. The number of rotatable bonds is 2. The lowest BCUT2D eigenvalue weighted by Gasteiger charge is -2.33. The minimum absolute atomic E-state index is 0. The van der Waals surface area contributed by atoms with Crippen LogP contribution in [0.4, 0.5) is 24.5 Å². The van der Waals surface area contributed by atoms with E-state index in [0.29, 0.717) is 16.3 Å². The SMILES string of the molecule is O=C(CN1CCCCCC1)N1c2ccccc2Sc2ccc(C(F)(F)F)cc21.[Cl-]. The van der Waals surface area contributed by atoms with E-state index in [9.17, 15) is 18.0 Å². The van der Waals surface area contributed by atoms with Gasteiger partial charge in [-0.15, -0.1) is 0 Å². The lowest BCUT2D eigenvalue weighted by Crippen LogP contribution is -3.00. The Hall–Kier alpha value is -1.70. The van der Waals surface area contributed by atoms with Crippen molar-refractivity contribution in [1.82, 2.24) is 4.90 Å². The van der Waals surface area contributed by atoms with E-state index in [2.05, 4.69) is 4.90 Å². The summed E-state index contributed by atoms with van der Waals surface area (Å²) in [7, 11) is 0. The second-order valence-electron chi connectivity index (χ2n) is 7.17. The Labute approximate surface area is 178 Å². The van der Waals surface area contributed by atoms with Crippen molar-refractivity contribution >= 4 is 29.0 Å². The monoisotopic (exact) mass is 441 g/mol. The molecule has 1 amide bonds. The smallest absolute Gasteiger partial charge is 0.416 e. The number of alkyl halides is 3. The Morgan fingerprint density at radius 2 is 1.59 bits per heavy atom. The minimum Gasteiger partial charge on any atom is -1.00 e. The normalized spacial score (nSPS) is 17.0. The van der Waals surface area contributed by atoms with E-state index in [0.717, 1.165) is 55.8 Å². The predicted octanol–water partition coefficient (Wildman–Crippen LogP) is 2.71. The molecule has 0 unspecified atom stereocenters. The Morgan fingerprint density at radius 3 is 2.28 bits per heavy atom. The number of benzene rings is 2. The molecule has 2 aromatic carbocycles. The van der Waals surface area contributed by atoms with Gasteiger partial charge in [0.25, 0.3) is 0 Å². The van der Waals surface area contributed by atoms with Gasteiger partial charge in [-0.1, -0.05) is 36.7 Å². The summed E-state index contributed by atoms with van der Waals surface area (Å²) in [5.74, 6) is -0.185. The first-order valence-corrected chi connectivity index (χ1v) is 10.3. The highest BCUT2D eigenvalue weighted by Crippen LogP contribution is 2.49. The fourth-order valence-corrected chi connectivity index (χ4v) is 4.79. The van der Waals surface area contributed by atoms with Gasteiger partial charge in [0.1, 0.15) is 0 Å². The largest absolute Gasteiger partial charge is 1.00 e. The summed E-state index contributed by atoms with van der Waals surface area (Å²) in [6.45, 7) is 1.92. The third-order valence-corrected chi connectivity index (χ3v) is 6.29. The van der Waals surface area contributed by atoms with Gasteiger partial charge >= 0.3 is 6.18 Å². The number of likely N-dealkylation sites (tertiary alicyclic amines) is 1. The first-order valence-electron chi connectivity index (χ1n) is 9.47. The quantitative estimate of drug-likeness (QED) is 0.716. The van der Waals surface area contributed by atoms with Crippen molar-refractivity contribution in [2.45, 2.75) is 41.7 Å². The van der Waals surface area contributed by atoms with E-state index in [4.69, 9.17) is 0 Å². The number of amides is 1. The second-order valence-corrected chi connectivity index (χ2v) is 8.25. The topological polar surface area (TPSA) is 23.6 Å². The van der Waals surface area contributed by atoms with Gasteiger partial charge in [0, 0.05) is 9.79 Å². The summed E-state index contributed by atoms with van der Waals surface area (Å²) < 4.78 is 39.8. The molecule has 2 aliphatic rings. The van der Waals surface area contributed by atoms with Crippen molar-refractivity contribution in [3.63, 3.8) is 0 Å². The molecule has 0 aliphatic carbocycles. The Balaban J connectivity index is 0.00000240. The number of nitrogens with zero attached hydrogens (tertiary/aromatic N) is 2. The summed E-state index contributed by atoms with van der Waals surface area (Å²) in [5.41, 5.74) is 0.233. The van der Waals surface area contributed by atoms with Gasteiger partial charge in [-0.3, -0.25) is 14.6 Å². The predicted molar refractivity (Wildman–Crippen MR) is 104 cm³/mol. The van der Waals surface area contributed by atoms with Crippen LogP contribution in [-0.2, 0) is 11.0 Å². The summed E-state index contributed by atoms with van der Waals surface area (Å²) in [5, 5.41) is 0. The average molecular weight is 442 g/mol. The molecule has 2 heterocycles. The van der Waals surface area contributed by atoms with Crippen LogP contribution in [-0.4, -0.2) is 30.4 Å². The van der Waals surface area contributed by atoms with Crippen LogP contribution in [0.15, 0.2) is 52.3 Å². The molecule has 0 spiro atoms. The number of hydrogen-bond acceptors (Lipinski definition) is 3. The van der Waals surface area contributed by atoms with Gasteiger partial charge in [0.2, 0.25) is 5.91 Å². The first-order chi connectivity index (χ1) is 13.4. The standard InChI is InChI=1S/C21H21F3N2OS.ClH/c22-21(23,24)15-9-10-19-17(13-15)26(16-7-3-4-8-18(16)28-19)20(27)14-25-11-5-1-2-6-12-25;/h3-4,7-10,13H,1-2,5-6,11-12,14H2;1H/p-1. The number of carbonyl (C=O) groups excluding carboxylic acids is 1. The van der Waals surface area contributed by atoms with Crippen molar-refractivity contribution in [3.05, 3.63) is 48.0 Å². The fourth-order valence-electron chi connectivity index (χ4n) is 3.76. The number of hydrogen-bond donors (Lipinski definition) is 0.